The van der Waals surface area contributed by atoms with Crippen LogP contribution in [0.25, 0.3) is 0 Å². The van der Waals surface area contributed by atoms with Crippen LogP contribution in [0.2, 0.25) is 5.02 Å². The van der Waals surface area contributed by atoms with E-state index in [0.717, 1.165) is 0 Å². The van der Waals surface area contributed by atoms with Crippen molar-refractivity contribution in [2.24, 2.45) is 0 Å². The predicted molar refractivity (Wildman–Crippen MR) is 49.5 cm³/mol. The molecule has 0 bridgehead atoms. The molecule has 0 unspecified atom stereocenters. The summed E-state index contributed by atoms with van der Waals surface area (Å²) < 4.78 is 0. The summed E-state index contributed by atoms with van der Waals surface area (Å²) in [6.07, 6.45) is 0. The van der Waals surface area contributed by atoms with Crippen molar-refractivity contribution < 1.29 is 4.79 Å². The maximum absolute atomic E-state index is 11.2. The van der Waals surface area contributed by atoms with E-state index < -0.39 is 0 Å². The number of amides is 1. The molecule has 0 aromatic heterocycles. The minimum Gasteiger partial charge on any atom is -0.352 e. The molecular formula is C9H10ClNO. The zero-order valence-electron chi connectivity index (χ0n) is 6.80. The lowest BCUT2D eigenvalue weighted by Gasteiger charge is -2.00. The fourth-order valence-electron chi connectivity index (χ4n) is 0.864. The molecule has 0 aliphatic carbocycles. The molecule has 0 saturated heterocycles. The van der Waals surface area contributed by atoms with Gasteiger partial charge in [-0.25, -0.2) is 0 Å². The topological polar surface area (TPSA) is 29.1 Å². The molecule has 0 fully saturated rings. The Kier molecular flexibility index (Phi) is 3.11. The SMILES string of the molecule is CCNC(=O)c1ccc(Cl)cc1. The Morgan fingerprint density at radius 2 is 2.00 bits per heavy atom. The predicted octanol–water partition coefficient (Wildman–Crippen LogP) is 2.09. The van der Waals surface area contributed by atoms with E-state index in [1.807, 2.05) is 6.92 Å². The van der Waals surface area contributed by atoms with Crippen molar-refractivity contribution in [3.05, 3.63) is 34.9 Å². The molecule has 0 heterocycles. The minimum atomic E-state index is -0.0610. The first-order valence-electron chi connectivity index (χ1n) is 3.78. The van der Waals surface area contributed by atoms with E-state index in [4.69, 9.17) is 11.6 Å². The lowest BCUT2D eigenvalue weighted by Crippen LogP contribution is -2.22. The molecule has 0 spiro atoms. The summed E-state index contributed by atoms with van der Waals surface area (Å²) in [4.78, 5) is 11.2. The van der Waals surface area contributed by atoms with Gasteiger partial charge in [-0.3, -0.25) is 4.79 Å². The van der Waals surface area contributed by atoms with Crippen molar-refractivity contribution >= 4 is 17.5 Å². The Balaban J connectivity index is 2.75. The van der Waals surface area contributed by atoms with E-state index in [9.17, 15) is 4.79 Å². The van der Waals surface area contributed by atoms with Crippen molar-refractivity contribution in [3.63, 3.8) is 0 Å². The molecule has 0 aliphatic rings. The molecule has 12 heavy (non-hydrogen) atoms. The number of carbonyl (C=O) groups excluding carboxylic acids is 1. The van der Waals surface area contributed by atoms with Crippen molar-refractivity contribution in [1.29, 1.82) is 0 Å². The molecule has 3 heteroatoms. The Labute approximate surface area is 76.5 Å². The molecule has 0 atom stereocenters. The summed E-state index contributed by atoms with van der Waals surface area (Å²) in [7, 11) is 0. The van der Waals surface area contributed by atoms with Gasteiger partial charge in [0.25, 0.3) is 5.91 Å². The van der Waals surface area contributed by atoms with Gasteiger partial charge in [0.1, 0.15) is 0 Å². The van der Waals surface area contributed by atoms with E-state index in [2.05, 4.69) is 5.32 Å². The number of benzene rings is 1. The number of hydrogen-bond acceptors (Lipinski definition) is 1. The van der Waals surface area contributed by atoms with Crippen molar-refractivity contribution in [2.45, 2.75) is 6.92 Å². The van der Waals surface area contributed by atoms with Crippen LogP contribution >= 0.6 is 11.6 Å². The van der Waals surface area contributed by atoms with Gasteiger partial charge in [0.15, 0.2) is 0 Å². The highest BCUT2D eigenvalue weighted by molar-refractivity contribution is 6.30. The van der Waals surface area contributed by atoms with Gasteiger partial charge in [0.05, 0.1) is 0 Å². The van der Waals surface area contributed by atoms with Gasteiger partial charge in [-0.15, -0.1) is 0 Å². The van der Waals surface area contributed by atoms with Gasteiger partial charge in [-0.2, -0.15) is 0 Å². The smallest absolute Gasteiger partial charge is 0.251 e. The summed E-state index contributed by atoms with van der Waals surface area (Å²) in [5.74, 6) is -0.0610. The average molecular weight is 184 g/mol. The fraction of sp³-hybridized carbons (Fsp3) is 0.222. The molecule has 0 saturated carbocycles. The fourth-order valence-corrected chi connectivity index (χ4v) is 0.990. The lowest BCUT2D eigenvalue weighted by atomic mass is 10.2. The maximum Gasteiger partial charge on any atom is 0.251 e. The zero-order chi connectivity index (χ0) is 8.97. The number of hydrogen-bond donors (Lipinski definition) is 1. The lowest BCUT2D eigenvalue weighted by molar-refractivity contribution is 0.0956. The van der Waals surface area contributed by atoms with Crippen LogP contribution in [-0.4, -0.2) is 12.5 Å². The normalized spacial score (nSPS) is 9.50. The second-order valence-electron chi connectivity index (χ2n) is 2.37. The molecule has 1 aromatic rings. The summed E-state index contributed by atoms with van der Waals surface area (Å²) in [6, 6.07) is 6.80. The molecule has 0 radical (unpaired) electrons. The molecule has 0 aliphatic heterocycles. The zero-order valence-corrected chi connectivity index (χ0v) is 7.56. The highest BCUT2D eigenvalue weighted by Crippen LogP contribution is 2.08. The summed E-state index contributed by atoms with van der Waals surface area (Å²) >= 11 is 5.66. The number of halogens is 1. The van der Waals surface area contributed by atoms with Crippen LogP contribution in [0.5, 0.6) is 0 Å². The molecule has 1 N–H and O–H groups in total. The largest absolute Gasteiger partial charge is 0.352 e. The average Bonchev–Trinajstić information content (AvgIpc) is 2.06. The third-order valence-corrected chi connectivity index (χ3v) is 1.70. The first-order valence-corrected chi connectivity index (χ1v) is 4.15. The van der Waals surface area contributed by atoms with Crippen LogP contribution in [0.1, 0.15) is 17.3 Å². The highest BCUT2D eigenvalue weighted by atomic mass is 35.5. The summed E-state index contributed by atoms with van der Waals surface area (Å²) in [5, 5.41) is 3.34. The van der Waals surface area contributed by atoms with E-state index in [1.165, 1.54) is 0 Å². The standard InChI is InChI=1S/C9H10ClNO/c1-2-11-9(12)7-3-5-8(10)6-4-7/h3-6H,2H2,1H3,(H,11,12). The molecular weight excluding hydrogens is 174 g/mol. The van der Waals surface area contributed by atoms with Gasteiger partial charge >= 0.3 is 0 Å². The van der Waals surface area contributed by atoms with Crippen molar-refractivity contribution in [3.8, 4) is 0 Å². The van der Waals surface area contributed by atoms with Crippen LogP contribution in [0.4, 0.5) is 0 Å². The van der Waals surface area contributed by atoms with Gasteiger partial charge in [0.2, 0.25) is 0 Å². The van der Waals surface area contributed by atoms with Crippen molar-refractivity contribution in [2.75, 3.05) is 6.54 Å². The quantitative estimate of drug-likeness (QED) is 0.748. The molecule has 1 aromatic carbocycles. The van der Waals surface area contributed by atoms with Gasteiger partial charge in [0, 0.05) is 17.1 Å². The Morgan fingerprint density at radius 1 is 1.42 bits per heavy atom. The third-order valence-electron chi connectivity index (χ3n) is 1.44. The molecule has 64 valence electrons. The van der Waals surface area contributed by atoms with Crippen LogP contribution in [0.15, 0.2) is 24.3 Å². The second kappa shape index (κ2) is 4.12. The minimum absolute atomic E-state index is 0.0610. The van der Waals surface area contributed by atoms with E-state index in [0.29, 0.717) is 17.1 Å². The first-order chi connectivity index (χ1) is 5.74. The van der Waals surface area contributed by atoms with Crippen LogP contribution in [-0.2, 0) is 0 Å². The van der Waals surface area contributed by atoms with Crippen molar-refractivity contribution in [1.82, 2.24) is 5.32 Å². The Morgan fingerprint density at radius 3 is 2.50 bits per heavy atom. The highest BCUT2D eigenvalue weighted by Gasteiger charge is 2.01. The Hall–Kier alpha value is -1.02. The third kappa shape index (κ3) is 2.24. The number of rotatable bonds is 2. The number of carbonyl (C=O) groups is 1. The Bertz CT molecular complexity index is 268. The second-order valence-corrected chi connectivity index (χ2v) is 2.80. The van der Waals surface area contributed by atoms with E-state index in [1.54, 1.807) is 24.3 Å². The van der Waals surface area contributed by atoms with Crippen LogP contribution < -0.4 is 5.32 Å². The summed E-state index contributed by atoms with van der Waals surface area (Å²) in [6.45, 7) is 2.52. The number of nitrogens with one attached hydrogen (secondary N) is 1. The molecule has 1 amide bonds. The first kappa shape index (κ1) is 9.07. The molecule has 1 rings (SSSR count). The van der Waals surface area contributed by atoms with E-state index >= 15 is 0 Å². The van der Waals surface area contributed by atoms with Gasteiger partial charge in [-0.05, 0) is 31.2 Å². The van der Waals surface area contributed by atoms with Gasteiger partial charge in [-0.1, -0.05) is 11.6 Å². The van der Waals surface area contributed by atoms with Crippen LogP contribution in [0, 0.1) is 0 Å². The monoisotopic (exact) mass is 183 g/mol. The van der Waals surface area contributed by atoms with Crippen LogP contribution in [0.3, 0.4) is 0 Å². The van der Waals surface area contributed by atoms with Gasteiger partial charge < -0.3 is 5.32 Å². The maximum atomic E-state index is 11.2. The van der Waals surface area contributed by atoms with E-state index in [-0.39, 0.29) is 5.91 Å². The molecule has 2 nitrogen and oxygen atoms in total. The summed E-state index contributed by atoms with van der Waals surface area (Å²) in [5.41, 5.74) is 0.640.